The molecule has 0 fully saturated rings. The molecule has 2 aromatic rings. The predicted molar refractivity (Wildman–Crippen MR) is 68.1 cm³/mol. The van der Waals surface area contributed by atoms with Crippen LogP contribution in [0.25, 0.3) is 0 Å². The Balaban J connectivity index is 1.85. The summed E-state index contributed by atoms with van der Waals surface area (Å²) >= 11 is 1.66. The standard InChI is InChI=1S/C12H15N3OS/c1-2-13-7-12-15-10(9-17-12)8-16-11-4-3-5-14-6-11/h3-6,9,13H,2,7-8H2,1H3. The highest BCUT2D eigenvalue weighted by Gasteiger charge is 2.02. The van der Waals surface area contributed by atoms with Crippen LogP contribution in [0.2, 0.25) is 0 Å². The molecular weight excluding hydrogens is 234 g/mol. The summed E-state index contributed by atoms with van der Waals surface area (Å²) in [6.45, 7) is 4.36. The van der Waals surface area contributed by atoms with Gasteiger partial charge in [0.15, 0.2) is 0 Å². The molecule has 1 N–H and O–H groups in total. The van der Waals surface area contributed by atoms with Crippen molar-refractivity contribution in [2.75, 3.05) is 6.54 Å². The molecule has 0 aliphatic rings. The molecule has 0 bridgehead atoms. The molecule has 0 atom stereocenters. The van der Waals surface area contributed by atoms with Crippen LogP contribution < -0.4 is 10.1 Å². The van der Waals surface area contributed by atoms with Gasteiger partial charge in [-0.1, -0.05) is 6.92 Å². The second kappa shape index (κ2) is 6.32. The lowest BCUT2D eigenvalue weighted by molar-refractivity contribution is 0.300. The number of hydrogen-bond acceptors (Lipinski definition) is 5. The topological polar surface area (TPSA) is 47.0 Å². The number of aromatic nitrogens is 2. The first-order valence-corrected chi connectivity index (χ1v) is 6.43. The van der Waals surface area contributed by atoms with E-state index in [9.17, 15) is 0 Å². The average Bonchev–Trinajstić information content (AvgIpc) is 2.83. The zero-order valence-electron chi connectivity index (χ0n) is 9.72. The minimum absolute atomic E-state index is 0.494. The quantitative estimate of drug-likeness (QED) is 0.852. The maximum Gasteiger partial charge on any atom is 0.138 e. The van der Waals surface area contributed by atoms with E-state index >= 15 is 0 Å². The smallest absolute Gasteiger partial charge is 0.138 e. The fourth-order valence-electron chi connectivity index (χ4n) is 1.32. The zero-order chi connectivity index (χ0) is 11.9. The first-order valence-electron chi connectivity index (χ1n) is 5.55. The van der Waals surface area contributed by atoms with Crippen molar-refractivity contribution in [3.05, 3.63) is 40.6 Å². The predicted octanol–water partition coefficient (Wildman–Crippen LogP) is 2.23. The minimum atomic E-state index is 0.494. The van der Waals surface area contributed by atoms with Gasteiger partial charge in [0, 0.05) is 18.1 Å². The van der Waals surface area contributed by atoms with E-state index in [0.29, 0.717) is 6.61 Å². The number of rotatable bonds is 6. The largest absolute Gasteiger partial charge is 0.486 e. The highest BCUT2D eigenvalue weighted by Crippen LogP contribution is 2.13. The van der Waals surface area contributed by atoms with Crippen molar-refractivity contribution in [1.82, 2.24) is 15.3 Å². The van der Waals surface area contributed by atoms with E-state index in [-0.39, 0.29) is 0 Å². The summed E-state index contributed by atoms with van der Waals surface area (Å²) in [5.41, 5.74) is 0.965. The molecule has 0 aliphatic carbocycles. The van der Waals surface area contributed by atoms with Crippen LogP contribution >= 0.6 is 11.3 Å². The molecule has 0 spiro atoms. The summed E-state index contributed by atoms with van der Waals surface area (Å²) in [4.78, 5) is 8.46. The Kier molecular flexibility index (Phi) is 4.46. The SMILES string of the molecule is CCNCc1nc(COc2cccnc2)cs1. The van der Waals surface area contributed by atoms with Gasteiger partial charge in [0.2, 0.25) is 0 Å². The molecule has 2 rings (SSSR count). The molecule has 0 aromatic carbocycles. The fourth-order valence-corrected chi connectivity index (χ4v) is 2.07. The Morgan fingerprint density at radius 2 is 2.41 bits per heavy atom. The summed E-state index contributed by atoms with van der Waals surface area (Å²) in [6, 6.07) is 3.74. The number of nitrogens with one attached hydrogen (secondary N) is 1. The van der Waals surface area contributed by atoms with Crippen molar-refractivity contribution in [2.24, 2.45) is 0 Å². The highest BCUT2D eigenvalue weighted by atomic mass is 32.1. The van der Waals surface area contributed by atoms with Crippen molar-refractivity contribution in [3.63, 3.8) is 0 Å². The third kappa shape index (κ3) is 3.80. The van der Waals surface area contributed by atoms with E-state index in [1.54, 1.807) is 23.7 Å². The molecule has 0 saturated heterocycles. The minimum Gasteiger partial charge on any atom is -0.486 e. The highest BCUT2D eigenvalue weighted by molar-refractivity contribution is 7.09. The van der Waals surface area contributed by atoms with Gasteiger partial charge < -0.3 is 10.1 Å². The van der Waals surface area contributed by atoms with Crippen LogP contribution in [-0.2, 0) is 13.2 Å². The molecule has 0 radical (unpaired) electrons. The summed E-state index contributed by atoms with van der Waals surface area (Å²) in [5.74, 6) is 0.772. The number of ether oxygens (including phenoxy) is 1. The summed E-state index contributed by atoms with van der Waals surface area (Å²) in [7, 11) is 0. The van der Waals surface area contributed by atoms with Crippen LogP contribution in [0.4, 0.5) is 0 Å². The third-order valence-corrected chi connectivity index (χ3v) is 3.04. The van der Waals surface area contributed by atoms with E-state index in [4.69, 9.17) is 4.74 Å². The zero-order valence-corrected chi connectivity index (χ0v) is 10.5. The van der Waals surface area contributed by atoms with Crippen molar-refractivity contribution in [3.8, 4) is 5.75 Å². The van der Waals surface area contributed by atoms with Gasteiger partial charge in [-0.25, -0.2) is 4.98 Å². The Bertz CT molecular complexity index is 444. The van der Waals surface area contributed by atoms with Crippen LogP contribution in [0.5, 0.6) is 5.75 Å². The lowest BCUT2D eigenvalue weighted by Gasteiger charge is -2.02. The van der Waals surface area contributed by atoms with Crippen LogP contribution in [0.15, 0.2) is 29.9 Å². The molecule has 0 aliphatic heterocycles. The Labute approximate surface area is 105 Å². The summed E-state index contributed by atoms with van der Waals surface area (Å²) < 4.78 is 5.57. The molecule has 0 saturated carbocycles. The molecule has 5 heteroatoms. The van der Waals surface area contributed by atoms with Crippen molar-refractivity contribution in [2.45, 2.75) is 20.1 Å². The lowest BCUT2D eigenvalue weighted by atomic mass is 10.4. The van der Waals surface area contributed by atoms with E-state index in [1.165, 1.54) is 0 Å². The van der Waals surface area contributed by atoms with E-state index in [2.05, 4.69) is 22.2 Å². The van der Waals surface area contributed by atoms with Gasteiger partial charge in [-0.05, 0) is 18.7 Å². The molecule has 2 heterocycles. The third-order valence-electron chi connectivity index (χ3n) is 2.15. The second-order valence-corrected chi connectivity index (χ2v) is 4.43. The maximum absolute atomic E-state index is 5.57. The van der Waals surface area contributed by atoms with E-state index in [0.717, 1.165) is 29.5 Å². The molecule has 17 heavy (non-hydrogen) atoms. The Morgan fingerprint density at radius 3 is 3.18 bits per heavy atom. The van der Waals surface area contributed by atoms with Crippen LogP contribution in [0.1, 0.15) is 17.6 Å². The number of pyridine rings is 1. The molecule has 0 amide bonds. The molecular formula is C12H15N3OS. The molecule has 90 valence electrons. The van der Waals surface area contributed by atoms with Crippen LogP contribution in [0.3, 0.4) is 0 Å². The van der Waals surface area contributed by atoms with Crippen LogP contribution in [0, 0.1) is 0 Å². The molecule has 2 aromatic heterocycles. The molecule has 0 unspecified atom stereocenters. The maximum atomic E-state index is 5.57. The molecule has 4 nitrogen and oxygen atoms in total. The van der Waals surface area contributed by atoms with Gasteiger partial charge in [-0.3, -0.25) is 4.98 Å². The van der Waals surface area contributed by atoms with Crippen molar-refractivity contribution < 1.29 is 4.74 Å². The van der Waals surface area contributed by atoms with Gasteiger partial charge >= 0.3 is 0 Å². The summed E-state index contributed by atoms with van der Waals surface area (Å²) in [6.07, 6.45) is 3.43. The first kappa shape index (κ1) is 12.0. The lowest BCUT2D eigenvalue weighted by Crippen LogP contribution is -2.11. The Morgan fingerprint density at radius 1 is 1.47 bits per heavy atom. The number of thiazole rings is 1. The van der Waals surface area contributed by atoms with Gasteiger partial charge in [0.1, 0.15) is 17.4 Å². The summed E-state index contributed by atoms with van der Waals surface area (Å²) in [5, 5.41) is 6.37. The average molecular weight is 249 g/mol. The van der Waals surface area contributed by atoms with E-state index < -0.39 is 0 Å². The monoisotopic (exact) mass is 249 g/mol. The fraction of sp³-hybridized carbons (Fsp3) is 0.333. The number of hydrogen-bond donors (Lipinski definition) is 1. The second-order valence-electron chi connectivity index (χ2n) is 3.49. The first-order chi connectivity index (χ1) is 8.38. The van der Waals surface area contributed by atoms with Gasteiger partial charge in [-0.15, -0.1) is 11.3 Å². The van der Waals surface area contributed by atoms with E-state index in [1.807, 2.05) is 17.5 Å². The van der Waals surface area contributed by atoms with Crippen LogP contribution in [-0.4, -0.2) is 16.5 Å². The van der Waals surface area contributed by atoms with Gasteiger partial charge in [-0.2, -0.15) is 0 Å². The van der Waals surface area contributed by atoms with Gasteiger partial charge in [0.05, 0.1) is 11.9 Å². The Hall–Kier alpha value is -1.46. The number of nitrogens with zero attached hydrogens (tertiary/aromatic N) is 2. The van der Waals surface area contributed by atoms with Crippen molar-refractivity contribution >= 4 is 11.3 Å². The van der Waals surface area contributed by atoms with Crippen molar-refractivity contribution in [1.29, 1.82) is 0 Å². The normalized spacial score (nSPS) is 10.4. The van der Waals surface area contributed by atoms with Gasteiger partial charge in [0.25, 0.3) is 0 Å².